The Labute approximate surface area is 89.1 Å². The summed E-state index contributed by atoms with van der Waals surface area (Å²) in [5, 5.41) is 3.31. The number of aromatic nitrogens is 1. The van der Waals surface area contributed by atoms with E-state index in [9.17, 15) is 0 Å². The van der Waals surface area contributed by atoms with E-state index in [2.05, 4.69) is 22.4 Å². The number of H-pyrrole nitrogens is 1. The molecule has 0 aliphatic heterocycles. The summed E-state index contributed by atoms with van der Waals surface area (Å²) in [5.74, 6) is 0.889. The highest BCUT2D eigenvalue weighted by atomic mass is 16.5. The SMILES string of the molecule is COc1ccc(CNc2cc[nH]c2)cc1. The Balaban J connectivity index is 1.93. The van der Waals surface area contributed by atoms with Gasteiger partial charge in [-0.1, -0.05) is 12.1 Å². The number of ether oxygens (including phenoxy) is 1. The summed E-state index contributed by atoms with van der Waals surface area (Å²) < 4.78 is 5.09. The van der Waals surface area contributed by atoms with E-state index in [1.807, 2.05) is 30.6 Å². The van der Waals surface area contributed by atoms with Crippen molar-refractivity contribution in [3.63, 3.8) is 0 Å². The van der Waals surface area contributed by atoms with Crippen LogP contribution in [0.4, 0.5) is 5.69 Å². The van der Waals surface area contributed by atoms with E-state index in [0.717, 1.165) is 18.0 Å². The van der Waals surface area contributed by atoms with Gasteiger partial charge in [0.15, 0.2) is 0 Å². The van der Waals surface area contributed by atoms with Gasteiger partial charge in [-0.2, -0.15) is 0 Å². The average molecular weight is 202 g/mol. The van der Waals surface area contributed by atoms with Crippen molar-refractivity contribution in [1.82, 2.24) is 4.98 Å². The molecule has 0 aliphatic carbocycles. The maximum Gasteiger partial charge on any atom is 0.118 e. The van der Waals surface area contributed by atoms with Gasteiger partial charge < -0.3 is 15.0 Å². The van der Waals surface area contributed by atoms with E-state index in [0.29, 0.717) is 0 Å². The highest BCUT2D eigenvalue weighted by molar-refractivity contribution is 5.41. The average Bonchev–Trinajstić information content (AvgIpc) is 2.80. The molecule has 3 heteroatoms. The fraction of sp³-hybridized carbons (Fsp3) is 0.167. The summed E-state index contributed by atoms with van der Waals surface area (Å²) in [6.45, 7) is 0.821. The van der Waals surface area contributed by atoms with Gasteiger partial charge in [-0.15, -0.1) is 0 Å². The lowest BCUT2D eigenvalue weighted by molar-refractivity contribution is 0.414. The normalized spacial score (nSPS) is 9.93. The van der Waals surface area contributed by atoms with Crippen molar-refractivity contribution in [2.24, 2.45) is 0 Å². The summed E-state index contributed by atoms with van der Waals surface area (Å²) in [6, 6.07) is 10.0. The number of nitrogens with one attached hydrogen (secondary N) is 2. The molecule has 0 amide bonds. The predicted molar refractivity (Wildman–Crippen MR) is 61.1 cm³/mol. The zero-order valence-corrected chi connectivity index (χ0v) is 8.66. The van der Waals surface area contributed by atoms with Gasteiger partial charge in [0.2, 0.25) is 0 Å². The Bertz CT molecular complexity index is 392. The van der Waals surface area contributed by atoms with Gasteiger partial charge in [0.1, 0.15) is 5.75 Å². The molecule has 0 spiro atoms. The molecule has 0 saturated carbocycles. The predicted octanol–water partition coefficient (Wildman–Crippen LogP) is 2.64. The van der Waals surface area contributed by atoms with Gasteiger partial charge in [-0.3, -0.25) is 0 Å². The van der Waals surface area contributed by atoms with Crippen LogP contribution in [0.1, 0.15) is 5.56 Å². The molecule has 15 heavy (non-hydrogen) atoms. The van der Waals surface area contributed by atoms with E-state index < -0.39 is 0 Å². The highest BCUT2D eigenvalue weighted by Crippen LogP contribution is 2.12. The van der Waals surface area contributed by atoms with E-state index in [4.69, 9.17) is 4.74 Å². The summed E-state index contributed by atoms with van der Waals surface area (Å²) >= 11 is 0. The summed E-state index contributed by atoms with van der Waals surface area (Å²) in [5.41, 5.74) is 2.34. The molecular formula is C12H14N2O. The Morgan fingerprint density at radius 1 is 1.20 bits per heavy atom. The minimum Gasteiger partial charge on any atom is -0.497 e. The topological polar surface area (TPSA) is 37.0 Å². The van der Waals surface area contributed by atoms with Crippen LogP contribution in [0, 0.1) is 0 Å². The standard InChI is InChI=1S/C12H14N2O/c1-15-12-4-2-10(3-5-12)8-14-11-6-7-13-9-11/h2-7,9,13-14H,8H2,1H3. The number of rotatable bonds is 4. The number of hydrogen-bond donors (Lipinski definition) is 2. The van der Waals surface area contributed by atoms with Gasteiger partial charge in [0, 0.05) is 18.9 Å². The molecule has 0 bridgehead atoms. The van der Waals surface area contributed by atoms with Crippen LogP contribution in [0.25, 0.3) is 0 Å². The van der Waals surface area contributed by atoms with Crippen molar-refractivity contribution in [3.05, 3.63) is 48.3 Å². The third kappa shape index (κ3) is 2.53. The molecule has 1 aromatic carbocycles. The summed E-state index contributed by atoms with van der Waals surface area (Å²) in [7, 11) is 1.67. The van der Waals surface area contributed by atoms with Crippen molar-refractivity contribution in [2.45, 2.75) is 6.54 Å². The molecule has 1 heterocycles. The molecule has 0 atom stereocenters. The minimum atomic E-state index is 0.821. The monoisotopic (exact) mass is 202 g/mol. The Hall–Kier alpha value is -1.90. The van der Waals surface area contributed by atoms with Gasteiger partial charge in [-0.25, -0.2) is 0 Å². The molecule has 0 unspecified atom stereocenters. The smallest absolute Gasteiger partial charge is 0.118 e. The number of methoxy groups -OCH3 is 1. The lowest BCUT2D eigenvalue weighted by atomic mass is 10.2. The molecule has 2 aromatic rings. The van der Waals surface area contributed by atoms with E-state index >= 15 is 0 Å². The van der Waals surface area contributed by atoms with Crippen LogP contribution in [0.2, 0.25) is 0 Å². The molecule has 0 aliphatic rings. The van der Waals surface area contributed by atoms with Crippen LogP contribution in [-0.4, -0.2) is 12.1 Å². The van der Waals surface area contributed by atoms with Crippen molar-refractivity contribution in [3.8, 4) is 5.75 Å². The number of hydrogen-bond acceptors (Lipinski definition) is 2. The third-order valence-electron chi connectivity index (χ3n) is 2.25. The van der Waals surface area contributed by atoms with E-state index in [1.165, 1.54) is 5.56 Å². The van der Waals surface area contributed by atoms with Crippen molar-refractivity contribution < 1.29 is 4.74 Å². The van der Waals surface area contributed by atoms with E-state index in [-0.39, 0.29) is 0 Å². The second-order valence-corrected chi connectivity index (χ2v) is 3.30. The molecular weight excluding hydrogens is 188 g/mol. The third-order valence-corrected chi connectivity index (χ3v) is 2.25. The first kappa shape index (κ1) is 9.65. The maximum absolute atomic E-state index is 5.09. The molecule has 0 radical (unpaired) electrons. The van der Waals surface area contributed by atoms with Crippen LogP contribution < -0.4 is 10.1 Å². The van der Waals surface area contributed by atoms with Gasteiger partial charge in [-0.05, 0) is 23.8 Å². The van der Waals surface area contributed by atoms with Gasteiger partial charge in [0.25, 0.3) is 0 Å². The molecule has 2 rings (SSSR count). The van der Waals surface area contributed by atoms with Crippen LogP contribution in [0.15, 0.2) is 42.7 Å². The fourth-order valence-electron chi connectivity index (χ4n) is 1.38. The Kier molecular flexibility index (Phi) is 2.93. The Morgan fingerprint density at radius 3 is 2.60 bits per heavy atom. The molecule has 1 aromatic heterocycles. The highest BCUT2D eigenvalue weighted by Gasteiger charge is 1.95. The van der Waals surface area contributed by atoms with Crippen LogP contribution in [-0.2, 0) is 6.54 Å². The van der Waals surface area contributed by atoms with Crippen molar-refractivity contribution in [1.29, 1.82) is 0 Å². The minimum absolute atomic E-state index is 0.821. The molecule has 0 fully saturated rings. The molecule has 2 N–H and O–H groups in total. The van der Waals surface area contributed by atoms with Crippen LogP contribution >= 0.6 is 0 Å². The first-order valence-electron chi connectivity index (χ1n) is 4.88. The zero-order chi connectivity index (χ0) is 10.5. The van der Waals surface area contributed by atoms with E-state index in [1.54, 1.807) is 7.11 Å². The lowest BCUT2D eigenvalue weighted by Gasteiger charge is -2.05. The lowest BCUT2D eigenvalue weighted by Crippen LogP contribution is -1.97. The van der Waals surface area contributed by atoms with Crippen LogP contribution in [0.5, 0.6) is 5.75 Å². The second kappa shape index (κ2) is 4.55. The first-order valence-corrected chi connectivity index (χ1v) is 4.88. The quantitative estimate of drug-likeness (QED) is 0.799. The number of benzene rings is 1. The van der Waals surface area contributed by atoms with Gasteiger partial charge in [0.05, 0.1) is 12.8 Å². The molecule has 0 saturated heterocycles. The molecule has 78 valence electrons. The number of aromatic amines is 1. The summed E-state index contributed by atoms with van der Waals surface area (Å²) in [4.78, 5) is 3.00. The van der Waals surface area contributed by atoms with Crippen molar-refractivity contribution >= 4 is 5.69 Å². The fourth-order valence-corrected chi connectivity index (χ4v) is 1.38. The maximum atomic E-state index is 5.09. The second-order valence-electron chi connectivity index (χ2n) is 3.30. The van der Waals surface area contributed by atoms with Crippen LogP contribution in [0.3, 0.4) is 0 Å². The van der Waals surface area contributed by atoms with Crippen molar-refractivity contribution in [2.75, 3.05) is 12.4 Å². The number of anilines is 1. The molecule has 3 nitrogen and oxygen atoms in total. The van der Waals surface area contributed by atoms with Gasteiger partial charge >= 0.3 is 0 Å². The first-order chi connectivity index (χ1) is 7.38. The zero-order valence-electron chi connectivity index (χ0n) is 8.66. The Morgan fingerprint density at radius 2 is 2.00 bits per heavy atom. The summed E-state index contributed by atoms with van der Waals surface area (Å²) in [6.07, 6.45) is 3.83. The largest absolute Gasteiger partial charge is 0.497 e.